The van der Waals surface area contributed by atoms with Gasteiger partial charge in [0.05, 0.1) is 24.8 Å². The zero-order valence-electron chi connectivity index (χ0n) is 20.5. The lowest BCUT2D eigenvalue weighted by atomic mass is 10.1. The SMILES string of the molecule is COC(=O)c1cccc(Cn2c(C)c(CCCOc3cc(C)c(Cl)c(C)c3)c3cccc(Br)c32)c1. The monoisotopic (exact) mass is 553 g/mol. The van der Waals surface area contributed by atoms with E-state index in [-0.39, 0.29) is 5.97 Å². The van der Waals surface area contributed by atoms with Crippen molar-refractivity contribution in [2.75, 3.05) is 13.7 Å². The first kappa shape index (κ1) is 25.3. The molecule has 0 atom stereocenters. The Morgan fingerprint density at radius 1 is 1.03 bits per heavy atom. The summed E-state index contributed by atoms with van der Waals surface area (Å²) < 4.78 is 14.3. The van der Waals surface area contributed by atoms with E-state index in [9.17, 15) is 4.79 Å². The maximum Gasteiger partial charge on any atom is 0.337 e. The lowest BCUT2D eigenvalue weighted by Gasteiger charge is -2.12. The third-order valence-corrected chi connectivity index (χ3v) is 7.60. The number of aromatic nitrogens is 1. The van der Waals surface area contributed by atoms with Crippen molar-refractivity contribution in [3.63, 3.8) is 0 Å². The van der Waals surface area contributed by atoms with Crippen LogP contribution in [0.4, 0.5) is 0 Å². The number of ether oxygens (including phenoxy) is 2. The van der Waals surface area contributed by atoms with Crippen LogP contribution in [-0.4, -0.2) is 24.3 Å². The number of benzene rings is 3. The first-order valence-corrected chi connectivity index (χ1v) is 12.8. The summed E-state index contributed by atoms with van der Waals surface area (Å²) in [6.45, 7) is 7.45. The molecule has 1 aromatic heterocycles. The van der Waals surface area contributed by atoms with E-state index in [0.29, 0.717) is 18.7 Å². The molecule has 0 unspecified atom stereocenters. The van der Waals surface area contributed by atoms with Crippen molar-refractivity contribution < 1.29 is 14.3 Å². The molecule has 4 nitrogen and oxygen atoms in total. The number of hydrogen-bond donors (Lipinski definition) is 0. The van der Waals surface area contributed by atoms with Crippen LogP contribution in [0.2, 0.25) is 5.02 Å². The third kappa shape index (κ3) is 5.41. The summed E-state index contributed by atoms with van der Waals surface area (Å²) in [7, 11) is 1.40. The molecule has 0 fully saturated rings. The van der Waals surface area contributed by atoms with Crippen molar-refractivity contribution in [3.8, 4) is 5.75 Å². The molecule has 1 heterocycles. The van der Waals surface area contributed by atoms with Crippen LogP contribution in [0.15, 0.2) is 59.1 Å². The van der Waals surface area contributed by atoms with Gasteiger partial charge in [0.15, 0.2) is 0 Å². The van der Waals surface area contributed by atoms with Crippen LogP contribution in [0.5, 0.6) is 5.75 Å². The minimum atomic E-state index is -0.325. The minimum absolute atomic E-state index is 0.325. The van der Waals surface area contributed by atoms with Gasteiger partial charge in [-0.1, -0.05) is 35.9 Å². The van der Waals surface area contributed by atoms with E-state index in [1.165, 1.54) is 23.8 Å². The van der Waals surface area contributed by atoms with Crippen LogP contribution >= 0.6 is 27.5 Å². The zero-order valence-corrected chi connectivity index (χ0v) is 22.8. The Morgan fingerprint density at radius 3 is 2.46 bits per heavy atom. The number of rotatable bonds is 8. The van der Waals surface area contributed by atoms with Crippen LogP contribution in [0, 0.1) is 20.8 Å². The molecule has 4 aromatic rings. The number of halogens is 2. The number of fused-ring (bicyclic) bond motifs is 1. The summed E-state index contributed by atoms with van der Waals surface area (Å²) in [5.41, 5.74) is 7.36. The molecule has 0 saturated carbocycles. The molecule has 182 valence electrons. The lowest BCUT2D eigenvalue weighted by Crippen LogP contribution is -2.06. The molecule has 0 radical (unpaired) electrons. The molecule has 6 heteroatoms. The molecule has 0 aliphatic carbocycles. The fraction of sp³-hybridized carbons (Fsp3) is 0.276. The smallest absolute Gasteiger partial charge is 0.337 e. The average Bonchev–Trinajstić information content (AvgIpc) is 3.11. The summed E-state index contributed by atoms with van der Waals surface area (Å²) in [4.78, 5) is 12.0. The second-order valence-corrected chi connectivity index (χ2v) is 10.0. The zero-order chi connectivity index (χ0) is 25.1. The van der Waals surface area contributed by atoms with Gasteiger partial charge in [-0.05, 0) is 102 Å². The first-order chi connectivity index (χ1) is 16.8. The second kappa shape index (κ2) is 10.9. The predicted molar refractivity (Wildman–Crippen MR) is 146 cm³/mol. The van der Waals surface area contributed by atoms with E-state index in [4.69, 9.17) is 21.1 Å². The fourth-order valence-electron chi connectivity index (χ4n) is 4.60. The number of para-hydroxylation sites is 1. The number of nitrogens with zero attached hydrogens (tertiary/aromatic N) is 1. The van der Waals surface area contributed by atoms with E-state index in [1.54, 1.807) is 6.07 Å². The Balaban J connectivity index is 1.56. The van der Waals surface area contributed by atoms with Crippen LogP contribution in [0.25, 0.3) is 10.9 Å². The molecule has 0 bridgehead atoms. The van der Waals surface area contributed by atoms with E-state index >= 15 is 0 Å². The molecule has 0 aliphatic heterocycles. The normalized spacial score (nSPS) is 11.1. The van der Waals surface area contributed by atoms with Crippen LogP contribution in [-0.2, 0) is 17.7 Å². The highest BCUT2D eigenvalue weighted by Crippen LogP contribution is 2.33. The Bertz CT molecular complexity index is 1370. The Kier molecular flexibility index (Phi) is 7.88. The van der Waals surface area contributed by atoms with Gasteiger partial charge in [-0.15, -0.1) is 0 Å². The van der Waals surface area contributed by atoms with Gasteiger partial charge in [0.1, 0.15) is 5.75 Å². The number of carbonyl (C=O) groups is 1. The third-order valence-electron chi connectivity index (χ3n) is 6.36. The Morgan fingerprint density at radius 2 is 1.74 bits per heavy atom. The largest absolute Gasteiger partial charge is 0.494 e. The molecular weight excluding hydrogens is 526 g/mol. The van der Waals surface area contributed by atoms with Crippen LogP contribution < -0.4 is 4.74 Å². The van der Waals surface area contributed by atoms with E-state index < -0.39 is 0 Å². The number of methoxy groups -OCH3 is 1. The molecule has 0 saturated heterocycles. The molecular formula is C29H29BrClNO3. The topological polar surface area (TPSA) is 40.5 Å². The van der Waals surface area contributed by atoms with Crippen molar-refractivity contribution in [3.05, 3.63) is 97.6 Å². The van der Waals surface area contributed by atoms with Gasteiger partial charge in [0.2, 0.25) is 0 Å². The van der Waals surface area contributed by atoms with Gasteiger partial charge < -0.3 is 14.0 Å². The van der Waals surface area contributed by atoms with E-state index in [0.717, 1.165) is 50.3 Å². The standard InChI is InChI=1S/C29H29BrClNO3/c1-18-14-23(15-19(2)27(18)31)35-13-7-11-24-20(3)32(28-25(24)10-6-12-26(28)30)17-21-8-5-9-22(16-21)29(33)34-4/h5-6,8-10,12,14-16H,7,11,13,17H2,1-4H3. The van der Waals surface area contributed by atoms with Crippen molar-refractivity contribution in [2.45, 2.75) is 40.2 Å². The average molecular weight is 555 g/mol. The summed E-state index contributed by atoms with van der Waals surface area (Å²) in [6, 6.07) is 17.9. The second-order valence-electron chi connectivity index (χ2n) is 8.80. The summed E-state index contributed by atoms with van der Waals surface area (Å²) in [6.07, 6.45) is 1.80. The molecule has 35 heavy (non-hydrogen) atoms. The van der Waals surface area contributed by atoms with Gasteiger partial charge in [0, 0.05) is 27.1 Å². The predicted octanol–water partition coefficient (Wildman–Crippen LogP) is 7.83. The highest BCUT2D eigenvalue weighted by atomic mass is 79.9. The highest BCUT2D eigenvalue weighted by Gasteiger charge is 2.17. The molecule has 0 N–H and O–H groups in total. The van der Waals surface area contributed by atoms with Crippen molar-refractivity contribution >= 4 is 44.4 Å². The van der Waals surface area contributed by atoms with Crippen LogP contribution in [0.1, 0.15) is 44.7 Å². The maximum absolute atomic E-state index is 12.0. The number of carbonyl (C=O) groups excluding carboxylic acids is 1. The van der Waals surface area contributed by atoms with Gasteiger partial charge in [-0.25, -0.2) is 4.79 Å². The Hall–Kier alpha value is -2.76. The summed E-state index contributed by atoms with van der Waals surface area (Å²) in [5, 5.41) is 2.03. The van der Waals surface area contributed by atoms with Crippen molar-refractivity contribution in [1.29, 1.82) is 0 Å². The summed E-state index contributed by atoms with van der Waals surface area (Å²) >= 11 is 10.0. The van der Waals surface area contributed by atoms with Gasteiger partial charge >= 0.3 is 5.97 Å². The van der Waals surface area contributed by atoms with Gasteiger partial charge in [-0.2, -0.15) is 0 Å². The summed E-state index contributed by atoms with van der Waals surface area (Å²) in [5.74, 6) is 0.533. The lowest BCUT2D eigenvalue weighted by molar-refractivity contribution is 0.0600. The first-order valence-electron chi connectivity index (χ1n) is 11.6. The molecule has 0 amide bonds. The van der Waals surface area contributed by atoms with E-state index in [2.05, 4.69) is 45.6 Å². The number of hydrogen-bond acceptors (Lipinski definition) is 3. The maximum atomic E-state index is 12.0. The van der Waals surface area contributed by atoms with Gasteiger partial charge in [0.25, 0.3) is 0 Å². The molecule has 0 spiro atoms. The van der Waals surface area contributed by atoms with E-state index in [1.807, 2.05) is 44.2 Å². The molecule has 4 rings (SSSR count). The number of aryl methyl sites for hydroxylation is 3. The molecule has 0 aliphatic rings. The van der Waals surface area contributed by atoms with Gasteiger partial charge in [-0.3, -0.25) is 0 Å². The Labute approximate surface area is 219 Å². The fourth-order valence-corrected chi connectivity index (χ4v) is 5.29. The van der Waals surface area contributed by atoms with Crippen molar-refractivity contribution in [2.24, 2.45) is 0 Å². The number of esters is 1. The highest BCUT2D eigenvalue weighted by molar-refractivity contribution is 9.10. The minimum Gasteiger partial charge on any atom is -0.494 e. The van der Waals surface area contributed by atoms with Crippen molar-refractivity contribution in [1.82, 2.24) is 4.57 Å². The quantitative estimate of drug-likeness (QED) is 0.165. The van der Waals surface area contributed by atoms with Crippen LogP contribution in [0.3, 0.4) is 0 Å². The molecule has 3 aromatic carbocycles.